The number of hydrogen-bond donors (Lipinski definition) is 4. The van der Waals surface area contributed by atoms with Crippen LogP contribution in [0.25, 0.3) is 0 Å². The summed E-state index contributed by atoms with van der Waals surface area (Å²) in [6.07, 6.45) is 13.9. The highest BCUT2D eigenvalue weighted by Gasteiger charge is 2.52. The molecule has 1 aliphatic heterocycles. The third-order valence-electron chi connectivity index (χ3n) is 10.7. The zero-order valence-electron chi connectivity index (χ0n) is 29.3. The Morgan fingerprint density at radius 1 is 0.898 bits per heavy atom. The molecule has 0 aromatic carbocycles. The van der Waals surface area contributed by atoms with Crippen LogP contribution in [0.5, 0.6) is 0 Å². The molecule has 13 heteroatoms. The summed E-state index contributed by atoms with van der Waals surface area (Å²) >= 11 is 0. The van der Waals surface area contributed by atoms with Crippen LogP contribution >= 0.6 is 0 Å². The van der Waals surface area contributed by atoms with E-state index in [1.165, 1.54) is 18.6 Å². The Hall–Kier alpha value is -3.90. The van der Waals surface area contributed by atoms with Gasteiger partial charge >= 0.3 is 0 Å². The van der Waals surface area contributed by atoms with Crippen molar-refractivity contribution in [3.8, 4) is 0 Å². The second-order valence-electron chi connectivity index (χ2n) is 15.5. The van der Waals surface area contributed by atoms with Crippen molar-refractivity contribution >= 4 is 35.3 Å². The molecule has 3 saturated carbocycles. The van der Waals surface area contributed by atoms with Crippen molar-refractivity contribution in [1.29, 1.82) is 0 Å². The lowest BCUT2D eigenvalue weighted by Crippen LogP contribution is -2.62. The van der Waals surface area contributed by atoms with Crippen LogP contribution in [0.3, 0.4) is 0 Å². The Kier molecular flexibility index (Phi) is 11.7. The molecule has 13 nitrogen and oxygen atoms in total. The molecule has 1 aromatic rings. The number of carbonyl (C=O) groups is 6. The summed E-state index contributed by atoms with van der Waals surface area (Å²) in [7, 11) is 0. The van der Waals surface area contributed by atoms with E-state index in [9.17, 15) is 28.8 Å². The lowest BCUT2D eigenvalue weighted by atomic mass is 9.82. The van der Waals surface area contributed by atoms with E-state index < -0.39 is 59.0 Å². The standard InChI is InChI=1S/C36H53N7O6/c1-5-10-25(29(44)34(48)39-23-15-16-23)40-33(47)28-24-14-9-13-22(24)20-43(28)35(49)30(36(2,3)4)42-32(46)27(21-11-7-6-8-12-21)41-31(45)26-19-37-17-18-38-26/h17-19,21-25,27-28,30H,5-16,20H2,1-4H3,(H,39,48)(H,40,47)(H,41,45)(H,42,46)/t22-,24+,25+,27+,28+,30?/m1/s1. The van der Waals surface area contributed by atoms with Crippen LogP contribution < -0.4 is 21.3 Å². The molecule has 49 heavy (non-hydrogen) atoms. The largest absolute Gasteiger partial charge is 0.347 e. The van der Waals surface area contributed by atoms with Crippen molar-refractivity contribution in [2.24, 2.45) is 23.2 Å². The first-order chi connectivity index (χ1) is 23.4. The fraction of sp³-hybridized carbons (Fsp3) is 0.722. The molecule has 0 bridgehead atoms. The van der Waals surface area contributed by atoms with Crippen LogP contribution in [-0.4, -0.2) is 86.9 Å². The number of Topliss-reactive ketones (excluding diaryl/α,β-unsaturated/α-hetero) is 1. The number of fused-ring (bicyclic) bond motifs is 1. The van der Waals surface area contributed by atoms with Crippen LogP contribution in [0.4, 0.5) is 0 Å². The molecular weight excluding hydrogens is 626 g/mol. The molecule has 2 heterocycles. The van der Waals surface area contributed by atoms with Gasteiger partial charge in [0.25, 0.3) is 11.8 Å². The molecule has 0 radical (unpaired) electrons. The predicted octanol–water partition coefficient (Wildman–Crippen LogP) is 2.45. The zero-order chi connectivity index (χ0) is 35.3. The second-order valence-corrected chi connectivity index (χ2v) is 15.5. The highest BCUT2D eigenvalue weighted by molar-refractivity contribution is 6.38. The van der Waals surface area contributed by atoms with Crippen molar-refractivity contribution in [1.82, 2.24) is 36.1 Å². The Morgan fingerprint density at radius 3 is 2.27 bits per heavy atom. The molecule has 1 aromatic heterocycles. The molecular formula is C36H53N7O6. The van der Waals surface area contributed by atoms with Crippen molar-refractivity contribution in [2.45, 2.75) is 135 Å². The monoisotopic (exact) mass is 679 g/mol. The summed E-state index contributed by atoms with van der Waals surface area (Å²) in [5.74, 6) is -3.20. The minimum atomic E-state index is -0.994. The zero-order valence-corrected chi connectivity index (χ0v) is 29.3. The lowest BCUT2D eigenvalue weighted by molar-refractivity contribution is -0.146. The molecule has 3 aliphatic carbocycles. The van der Waals surface area contributed by atoms with E-state index >= 15 is 0 Å². The van der Waals surface area contributed by atoms with Gasteiger partial charge in [0.1, 0.15) is 23.8 Å². The number of nitrogens with one attached hydrogen (secondary N) is 4. The van der Waals surface area contributed by atoms with E-state index in [1.54, 1.807) is 4.90 Å². The molecule has 268 valence electrons. The number of aromatic nitrogens is 2. The lowest BCUT2D eigenvalue weighted by Gasteiger charge is -2.38. The number of amides is 5. The van der Waals surface area contributed by atoms with Gasteiger partial charge in [-0.1, -0.05) is 59.8 Å². The van der Waals surface area contributed by atoms with Gasteiger partial charge in [0.2, 0.25) is 23.5 Å². The molecule has 6 atom stereocenters. The van der Waals surface area contributed by atoms with Crippen molar-refractivity contribution in [3.63, 3.8) is 0 Å². The topological polar surface area (TPSA) is 180 Å². The van der Waals surface area contributed by atoms with Crippen molar-refractivity contribution in [2.75, 3.05) is 6.54 Å². The van der Waals surface area contributed by atoms with Gasteiger partial charge in [0.05, 0.1) is 12.2 Å². The maximum atomic E-state index is 14.6. The van der Waals surface area contributed by atoms with Gasteiger partial charge in [-0.05, 0) is 68.1 Å². The number of carbonyl (C=O) groups excluding carboxylic acids is 6. The van der Waals surface area contributed by atoms with Gasteiger partial charge in [-0.25, -0.2) is 4.98 Å². The minimum Gasteiger partial charge on any atom is -0.347 e. The predicted molar refractivity (Wildman–Crippen MR) is 181 cm³/mol. The molecule has 4 N–H and O–H groups in total. The van der Waals surface area contributed by atoms with E-state index in [1.807, 2.05) is 27.7 Å². The van der Waals surface area contributed by atoms with E-state index in [0.717, 1.165) is 64.2 Å². The highest BCUT2D eigenvalue weighted by atomic mass is 16.2. The quantitative estimate of drug-likeness (QED) is 0.230. The van der Waals surface area contributed by atoms with Gasteiger partial charge in [-0.3, -0.25) is 33.8 Å². The maximum Gasteiger partial charge on any atom is 0.289 e. The number of nitrogens with zero attached hydrogens (tertiary/aromatic N) is 3. The number of hydrogen-bond acceptors (Lipinski definition) is 8. The van der Waals surface area contributed by atoms with Crippen LogP contribution in [0, 0.1) is 23.2 Å². The molecule has 4 aliphatic rings. The van der Waals surface area contributed by atoms with E-state index in [0.29, 0.717) is 19.4 Å². The number of rotatable bonds is 13. The summed E-state index contributed by atoms with van der Waals surface area (Å²) in [5.41, 5.74) is -0.638. The van der Waals surface area contributed by atoms with Gasteiger partial charge in [0, 0.05) is 25.0 Å². The highest BCUT2D eigenvalue weighted by Crippen LogP contribution is 2.43. The van der Waals surface area contributed by atoms with Crippen molar-refractivity contribution in [3.05, 3.63) is 24.3 Å². The minimum absolute atomic E-state index is 0.0132. The Balaban J connectivity index is 1.36. The summed E-state index contributed by atoms with van der Waals surface area (Å²) in [4.78, 5) is 91.4. The molecule has 1 saturated heterocycles. The first-order valence-corrected chi connectivity index (χ1v) is 18.2. The van der Waals surface area contributed by atoms with Crippen molar-refractivity contribution < 1.29 is 28.8 Å². The Bertz CT molecular complexity index is 1390. The molecule has 5 rings (SSSR count). The average Bonchev–Trinajstić information content (AvgIpc) is 3.65. The second kappa shape index (κ2) is 15.8. The fourth-order valence-corrected chi connectivity index (χ4v) is 7.87. The van der Waals surface area contributed by atoms with Gasteiger partial charge in [0.15, 0.2) is 0 Å². The van der Waals surface area contributed by atoms with E-state index in [-0.39, 0.29) is 35.4 Å². The Morgan fingerprint density at radius 2 is 1.63 bits per heavy atom. The first-order valence-electron chi connectivity index (χ1n) is 18.2. The third kappa shape index (κ3) is 8.83. The molecule has 4 fully saturated rings. The first kappa shape index (κ1) is 36.4. The molecule has 1 unspecified atom stereocenters. The molecule has 5 amide bonds. The Labute approximate surface area is 288 Å². The van der Waals surface area contributed by atoms with Gasteiger partial charge in [-0.2, -0.15) is 0 Å². The van der Waals surface area contributed by atoms with Crippen LogP contribution in [0.1, 0.15) is 115 Å². The normalized spacial score (nSPS) is 24.2. The molecule has 0 spiro atoms. The van der Waals surface area contributed by atoms with Crippen LogP contribution in [-0.2, 0) is 24.0 Å². The summed E-state index contributed by atoms with van der Waals surface area (Å²) in [6.45, 7) is 7.85. The summed E-state index contributed by atoms with van der Waals surface area (Å²) < 4.78 is 0. The van der Waals surface area contributed by atoms with Crippen LogP contribution in [0.15, 0.2) is 18.6 Å². The smallest absolute Gasteiger partial charge is 0.289 e. The SMILES string of the molecule is CCC[C@H](NC(=O)[C@@H]1[C@H]2CCC[C@@H]2CN1C(=O)C(NC(=O)[C@@H](NC(=O)c1cnccn1)C1CCCCC1)C(C)(C)C)C(=O)C(=O)NC1CC1. The van der Waals surface area contributed by atoms with E-state index in [2.05, 4.69) is 31.2 Å². The maximum absolute atomic E-state index is 14.6. The van der Waals surface area contributed by atoms with Gasteiger partial charge < -0.3 is 26.2 Å². The third-order valence-corrected chi connectivity index (χ3v) is 10.7. The average molecular weight is 680 g/mol. The van der Waals surface area contributed by atoms with Crippen LogP contribution in [0.2, 0.25) is 0 Å². The fourth-order valence-electron chi connectivity index (χ4n) is 7.87. The van der Waals surface area contributed by atoms with Gasteiger partial charge in [-0.15, -0.1) is 0 Å². The number of likely N-dealkylation sites (tertiary alicyclic amines) is 1. The summed E-state index contributed by atoms with van der Waals surface area (Å²) in [5, 5.41) is 11.5. The van der Waals surface area contributed by atoms with E-state index in [4.69, 9.17) is 0 Å². The number of ketones is 1. The summed E-state index contributed by atoms with van der Waals surface area (Å²) in [6, 6.07) is -3.68.